The molecule has 10 nitrogen and oxygen atoms in total. The molecule has 2 aliphatic carbocycles. The molecule has 0 spiro atoms. The van der Waals surface area contributed by atoms with Gasteiger partial charge in [0, 0.05) is 17.5 Å². The Hall–Kier alpha value is -2.63. The normalized spacial score (nSPS) is 35.4. The molecule has 13 heteroatoms. The van der Waals surface area contributed by atoms with E-state index in [1.54, 1.807) is 6.08 Å². The van der Waals surface area contributed by atoms with Crippen LogP contribution < -0.4 is 10.5 Å². The van der Waals surface area contributed by atoms with Crippen LogP contribution >= 0.6 is 39.1 Å². The minimum Gasteiger partial charge on any atom is -0.508 e. The number of ether oxygens (including phenoxy) is 1. The average Bonchev–Trinajstić information content (AvgIpc) is 3.17. The van der Waals surface area contributed by atoms with Crippen molar-refractivity contribution in [3.8, 4) is 11.5 Å². The number of primary amides is 1. The smallest absolute Gasteiger partial charge is 0.328 e. The molecule has 190 valence electrons. The maximum atomic E-state index is 13.7. The molecule has 4 aliphatic rings. The highest BCUT2D eigenvalue weighted by molar-refractivity contribution is 9.09. The first kappa shape index (κ1) is 25.0. The summed E-state index contributed by atoms with van der Waals surface area (Å²) in [5, 5.41) is 10.0. The van der Waals surface area contributed by atoms with Gasteiger partial charge in [-0.1, -0.05) is 33.6 Å². The lowest BCUT2D eigenvalue weighted by molar-refractivity contribution is -0.139. The number of halogens is 3. The molecule has 1 aromatic rings. The van der Waals surface area contributed by atoms with Crippen LogP contribution in [-0.2, 0) is 19.2 Å². The first-order valence-corrected chi connectivity index (χ1v) is 12.9. The quantitative estimate of drug-likeness (QED) is 0.234. The molecule has 2 saturated heterocycles. The molecular weight excluding hydrogens is 581 g/mol. The van der Waals surface area contributed by atoms with Crippen LogP contribution in [0.25, 0.3) is 0 Å². The summed E-state index contributed by atoms with van der Waals surface area (Å²) in [4.78, 5) is 62.6. The molecule has 0 aromatic heterocycles. The standard InChI is InChI=1S/C23H20BrCl2N3O7/c1-36-14-6-9(30)2-3-11(14)16-10-4-5-12-15(18(32)29(17(12)31)21(27)35)13(10)7-22(25)19(33)28(8-24)20(34)23(16,22)26/h2-4,6,12-13,15-16,30H,5,7-8H2,1H3,(H2,27,35)/t12-,13+,15-,16+,22+,23-/m0/s1. The Morgan fingerprint density at radius 2 is 1.89 bits per heavy atom. The Balaban J connectivity index is 1.76. The number of nitrogens with zero attached hydrogens (tertiary/aromatic N) is 2. The van der Waals surface area contributed by atoms with Gasteiger partial charge in [0.2, 0.25) is 11.8 Å². The van der Waals surface area contributed by atoms with E-state index in [1.165, 1.54) is 25.3 Å². The molecule has 36 heavy (non-hydrogen) atoms. The number of phenolic OH excluding ortho intramolecular Hbond substituents is 1. The number of phenols is 1. The number of aromatic hydroxyl groups is 1. The summed E-state index contributed by atoms with van der Waals surface area (Å²) in [5.74, 6) is -6.63. The highest BCUT2D eigenvalue weighted by Crippen LogP contribution is 2.66. The number of benzene rings is 1. The number of imide groups is 4. The number of urea groups is 1. The molecule has 0 unspecified atom stereocenters. The molecule has 2 aliphatic heterocycles. The number of methoxy groups -OCH3 is 1. The third-order valence-corrected chi connectivity index (χ3v) is 9.68. The zero-order chi connectivity index (χ0) is 26.3. The van der Waals surface area contributed by atoms with Gasteiger partial charge in [0.25, 0.3) is 11.8 Å². The Labute approximate surface area is 223 Å². The predicted octanol–water partition coefficient (Wildman–Crippen LogP) is 2.19. The lowest BCUT2D eigenvalue weighted by Crippen LogP contribution is -2.60. The number of amides is 6. The second kappa shape index (κ2) is 8.19. The van der Waals surface area contributed by atoms with E-state index in [1.807, 2.05) is 0 Å². The lowest BCUT2D eigenvalue weighted by atomic mass is 9.56. The summed E-state index contributed by atoms with van der Waals surface area (Å²) in [7, 11) is 1.37. The van der Waals surface area contributed by atoms with Crippen LogP contribution in [-0.4, -0.2) is 66.9 Å². The van der Waals surface area contributed by atoms with Gasteiger partial charge in [0.15, 0.2) is 9.75 Å². The Morgan fingerprint density at radius 3 is 2.50 bits per heavy atom. The van der Waals surface area contributed by atoms with Gasteiger partial charge in [-0.05, 0) is 24.8 Å². The summed E-state index contributed by atoms with van der Waals surface area (Å²) in [6.45, 7) is 0. The van der Waals surface area contributed by atoms with Crippen molar-refractivity contribution in [2.45, 2.75) is 28.5 Å². The fourth-order valence-corrected chi connectivity index (χ4v) is 7.67. The van der Waals surface area contributed by atoms with Gasteiger partial charge in [0.05, 0.1) is 24.4 Å². The van der Waals surface area contributed by atoms with Crippen molar-refractivity contribution in [1.29, 1.82) is 0 Å². The minimum atomic E-state index is -2.01. The third-order valence-electron chi connectivity index (χ3n) is 7.76. The highest BCUT2D eigenvalue weighted by Gasteiger charge is 2.76. The van der Waals surface area contributed by atoms with E-state index in [4.69, 9.17) is 33.7 Å². The van der Waals surface area contributed by atoms with Crippen LogP contribution in [0.1, 0.15) is 24.3 Å². The van der Waals surface area contributed by atoms with Gasteiger partial charge in [-0.3, -0.25) is 24.1 Å². The van der Waals surface area contributed by atoms with Crippen molar-refractivity contribution in [1.82, 2.24) is 9.80 Å². The summed E-state index contributed by atoms with van der Waals surface area (Å²) in [6.07, 6.45) is 1.59. The first-order chi connectivity index (χ1) is 16.9. The summed E-state index contributed by atoms with van der Waals surface area (Å²) < 4.78 is 5.48. The van der Waals surface area contributed by atoms with E-state index in [0.717, 1.165) is 4.90 Å². The number of hydrogen-bond donors (Lipinski definition) is 2. The van der Waals surface area contributed by atoms with Crippen molar-refractivity contribution >= 4 is 68.8 Å². The number of carbonyl (C=O) groups is 5. The van der Waals surface area contributed by atoms with Crippen molar-refractivity contribution < 1.29 is 33.8 Å². The molecule has 6 amide bonds. The number of nitrogens with two attached hydrogens (primary N) is 1. The first-order valence-electron chi connectivity index (χ1n) is 11.0. The summed E-state index contributed by atoms with van der Waals surface area (Å²) in [5.41, 5.74) is 6.04. The van der Waals surface area contributed by atoms with Crippen LogP contribution in [0.3, 0.4) is 0 Å². The number of fused-ring (bicyclic) bond motifs is 4. The lowest BCUT2D eigenvalue weighted by Gasteiger charge is -2.50. The molecule has 1 aromatic carbocycles. The van der Waals surface area contributed by atoms with Crippen molar-refractivity contribution in [2.24, 2.45) is 23.5 Å². The molecule has 6 atom stereocenters. The van der Waals surface area contributed by atoms with Crippen LogP contribution in [0.4, 0.5) is 4.79 Å². The Morgan fingerprint density at radius 1 is 1.19 bits per heavy atom. The van der Waals surface area contributed by atoms with Crippen LogP contribution in [0, 0.1) is 17.8 Å². The Bertz CT molecular complexity index is 1290. The molecule has 0 radical (unpaired) electrons. The van der Waals surface area contributed by atoms with E-state index in [0.29, 0.717) is 16.0 Å². The fraction of sp³-hybridized carbons (Fsp3) is 0.435. The molecular formula is C23H20BrCl2N3O7. The molecule has 0 bridgehead atoms. The second-order valence-corrected chi connectivity index (χ2v) is 11.0. The van der Waals surface area contributed by atoms with Crippen LogP contribution in [0.5, 0.6) is 11.5 Å². The number of hydrogen-bond acceptors (Lipinski definition) is 7. The predicted molar refractivity (Wildman–Crippen MR) is 129 cm³/mol. The van der Waals surface area contributed by atoms with Gasteiger partial charge in [-0.25, -0.2) is 4.79 Å². The van der Waals surface area contributed by atoms with Gasteiger partial charge in [0.1, 0.15) is 11.5 Å². The zero-order valence-electron chi connectivity index (χ0n) is 18.7. The van der Waals surface area contributed by atoms with E-state index >= 15 is 0 Å². The van der Waals surface area contributed by atoms with E-state index in [9.17, 15) is 29.1 Å². The zero-order valence-corrected chi connectivity index (χ0v) is 21.8. The summed E-state index contributed by atoms with van der Waals surface area (Å²) in [6, 6.07) is 3.05. The number of likely N-dealkylation sites (tertiary alicyclic amines) is 2. The van der Waals surface area contributed by atoms with E-state index in [-0.39, 0.29) is 29.8 Å². The second-order valence-electron chi connectivity index (χ2n) is 9.26. The molecule has 1 saturated carbocycles. The number of rotatable bonds is 3. The maximum Gasteiger partial charge on any atom is 0.328 e. The average molecular weight is 601 g/mol. The molecule has 2 heterocycles. The Kier molecular flexibility index (Phi) is 5.70. The monoisotopic (exact) mass is 599 g/mol. The van der Waals surface area contributed by atoms with Gasteiger partial charge < -0.3 is 15.6 Å². The van der Waals surface area contributed by atoms with Crippen molar-refractivity contribution in [3.05, 3.63) is 35.4 Å². The van der Waals surface area contributed by atoms with Crippen LogP contribution in [0.15, 0.2) is 29.8 Å². The maximum absolute atomic E-state index is 13.7. The molecule has 3 N–H and O–H groups in total. The van der Waals surface area contributed by atoms with Crippen molar-refractivity contribution in [2.75, 3.05) is 12.6 Å². The van der Waals surface area contributed by atoms with Crippen LogP contribution in [0.2, 0.25) is 0 Å². The number of carbonyl (C=O) groups excluding carboxylic acids is 5. The summed E-state index contributed by atoms with van der Waals surface area (Å²) >= 11 is 17.3. The fourth-order valence-electron chi connectivity index (χ4n) is 6.25. The van der Waals surface area contributed by atoms with Crippen molar-refractivity contribution in [3.63, 3.8) is 0 Å². The minimum absolute atomic E-state index is 0.0916. The number of allylic oxidation sites excluding steroid dienone is 2. The highest BCUT2D eigenvalue weighted by atomic mass is 79.9. The largest absolute Gasteiger partial charge is 0.508 e. The SMILES string of the molecule is COc1cc(O)ccc1[C@H]1C2=CC[C@@H]3C(=O)N(C(N)=O)C(=O)[C@@H]3[C@@H]2C[C@@]2(Cl)C(=O)N(CBr)C(=O)[C@@]12Cl. The third kappa shape index (κ3) is 2.93. The molecule has 5 rings (SSSR count). The van der Waals surface area contributed by atoms with E-state index < -0.39 is 63.1 Å². The topological polar surface area (TPSA) is 147 Å². The van der Waals surface area contributed by atoms with Gasteiger partial charge in [-0.2, -0.15) is 4.90 Å². The van der Waals surface area contributed by atoms with Gasteiger partial charge >= 0.3 is 6.03 Å². The molecule has 3 fully saturated rings. The number of alkyl halides is 3. The van der Waals surface area contributed by atoms with Gasteiger partial charge in [-0.15, -0.1) is 23.2 Å². The van der Waals surface area contributed by atoms with E-state index in [2.05, 4.69) is 15.9 Å².